The van der Waals surface area contributed by atoms with Gasteiger partial charge in [0.2, 0.25) is 5.91 Å². The number of nitrogens with one attached hydrogen (secondary N) is 1. The number of carbonyl (C=O) groups is 3. The van der Waals surface area contributed by atoms with E-state index in [0.717, 1.165) is 0 Å². The monoisotopic (exact) mass is 348 g/mol. The maximum absolute atomic E-state index is 12.5. The molecule has 1 fully saturated rings. The van der Waals surface area contributed by atoms with Crippen molar-refractivity contribution in [2.75, 3.05) is 24.7 Å². The minimum Gasteiger partial charge on any atom is -0.481 e. The molecule has 25 heavy (non-hydrogen) atoms. The average Bonchev–Trinajstić information content (AvgIpc) is 2.98. The second kappa shape index (κ2) is 6.72. The Morgan fingerprint density at radius 1 is 1.40 bits per heavy atom. The highest BCUT2D eigenvalue weighted by Gasteiger charge is 2.40. The zero-order chi connectivity index (χ0) is 18.0. The smallest absolute Gasteiger partial charge is 0.305 e. The van der Waals surface area contributed by atoms with Crippen molar-refractivity contribution in [2.45, 2.75) is 31.4 Å². The first-order valence-electron chi connectivity index (χ1n) is 8.08. The van der Waals surface area contributed by atoms with Gasteiger partial charge in [0.25, 0.3) is 5.91 Å². The van der Waals surface area contributed by atoms with Crippen LogP contribution in [0.25, 0.3) is 0 Å². The summed E-state index contributed by atoms with van der Waals surface area (Å²) in [5, 5.41) is 11.9. The molecule has 1 saturated heterocycles. The standard InChI is InChI=1S/C17H20N2O6/c1-11-16(23)19(12-4-2-3-5-13(12)25-11)9-14(20)18-17(8-15(21)22)6-7-24-10-17/h2-5,11H,6-10H2,1H3,(H,18,20)(H,21,22). The molecule has 8 heteroatoms. The Labute approximate surface area is 144 Å². The summed E-state index contributed by atoms with van der Waals surface area (Å²) in [6.45, 7) is 1.96. The maximum atomic E-state index is 12.5. The van der Waals surface area contributed by atoms with Crippen LogP contribution in [0.3, 0.4) is 0 Å². The summed E-state index contributed by atoms with van der Waals surface area (Å²) < 4.78 is 10.8. The van der Waals surface area contributed by atoms with Gasteiger partial charge in [-0.2, -0.15) is 0 Å². The highest BCUT2D eigenvalue weighted by molar-refractivity contribution is 6.03. The first-order chi connectivity index (χ1) is 11.9. The predicted octanol–water partition coefficient (Wildman–Crippen LogP) is 0.550. The van der Waals surface area contributed by atoms with Crippen LogP contribution in [0, 0.1) is 0 Å². The fraction of sp³-hybridized carbons (Fsp3) is 0.471. The average molecular weight is 348 g/mol. The second-order valence-corrected chi connectivity index (χ2v) is 6.35. The number of carboxylic acid groups (broad SMARTS) is 1. The van der Waals surface area contributed by atoms with Gasteiger partial charge < -0.3 is 19.9 Å². The molecule has 2 heterocycles. The number of nitrogens with zero attached hydrogens (tertiary/aromatic N) is 1. The molecule has 2 N–H and O–H groups in total. The van der Waals surface area contributed by atoms with E-state index >= 15 is 0 Å². The highest BCUT2D eigenvalue weighted by atomic mass is 16.5. The summed E-state index contributed by atoms with van der Waals surface area (Å²) in [5.74, 6) is -1.22. The van der Waals surface area contributed by atoms with E-state index in [1.807, 2.05) is 0 Å². The molecule has 2 aliphatic rings. The lowest BCUT2D eigenvalue weighted by atomic mass is 9.94. The number of fused-ring (bicyclic) bond motifs is 1. The van der Waals surface area contributed by atoms with Gasteiger partial charge in [-0.15, -0.1) is 0 Å². The topological polar surface area (TPSA) is 105 Å². The van der Waals surface area contributed by atoms with E-state index < -0.39 is 23.5 Å². The maximum Gasteiger partial charge on any atom is 0.305 e. The van der Waals surface area contributed by atoms with Gasteiger partial charge in [-0.25, -0.2) is 0 Å². The Balaban J connectivity index is 1.76. The van der Waals surface area contributed by atoms with Crippen molar-refractivity contribution in [1.82, 2.24) is 5.32 Å². The quantitative estimate of drug-likeness (QED) is 0.805. The van der Waals surface area contributed by atoms with Crippen LogP contribution in [0.15, 0.2) is 24.3 Å². The number of carbonyl (C=O) groups excluding carboxylic acids is 2. The molecule has 2 aliphatic heterocycles. The number of hydrogen-bond acceptors (Lipinski definition) is 5. The van der Waals surface area contributed by atoms with E-state index in [0.29, 0.717) is 24.5 Å². The lowest BCUT2D eigenvalue weighted by Crippen LogP contribution is -2.55. The van der Waals surface area contributed by atoms with Gasteiger partial charge in [-0.1, -0.05) is 12.1 Å². The first kappa shape index (κ1) is 17.2. The van der Waals surface area contributed by atoms with Crippen molar-refractivity contribution < 1.29 is 29.0 Å². The van der Waals surface area contributed by atoms with Crippen molar-refractivity contribution in [2.24, 2.45) is 0 Å². The van der Waals surface area contributed by atoms with Gasteiger partial charge in [0.15, 0.2) is 6.10 Å². The third-order valence-electron chi connectivity index (χ3n) is 4.37. The van der Waals surface area contributed by atoms with Crippen LogP contribution in [0.2, 0.25) is 0 Å². The molecule has 0 aliphatic carbocycles. The third-order valence-corrected chi connectivity index (χ3v) is 4.37. The molecule has 0 radical (unpaired) electrons. The minimum atomic E-state index is -1.01. The van der Waals surface area contributed by atoms with E-state index in [1.54, 1.807) is 31.2 Å². The number of rotatable bonds is 5. The van der Waals surface area contributed by atoms with E-state index in [4.69, 9.17) is 14.6 Å². The molecule has 0 saturated carbocycles. The van der Waals surface area contributed by atoms with Crippen molar-refractivity contribution in [1.29, 1.82) is 0 Å². The van der Waals surface area contributed by atoms with Crippen LogP contribution >= 0.6 is 0 Å². The number of hydrogen-bond donors (Lipinski definition) is 2. The zero-order valence-electron chi connectivity index (χ0n) is 13.9. The molecule has 2 amide bonds. The van der Waals surface area contributed by atoms with Gasteiger partial charge in [0.1, 0.15) is 12.3 Å². The number of ether oxygens (including phenoxy) is 2. The normalized spacial score (nSPS) is 25.2. The highest BCUT2D eigenvalue weighted by Crippen LogP contribution is 2.33. The number of para-hydroxylation sites is 2. The largest absolute Gasteiger partial charge is 0.481 e. The third kappa shape index (κ3) is 3.58. The van der Waals surface area contributed by atoms with E-state index in [9.17, 15) is 14.4 Å². The van der Waals surface area contributed by atoms with Gasteiger partial charge in [0.05, 0.1) is 24.3 Å². The summed E-state index contributed by atoms with van der Waals surface area (Å²) in [6.07, 6.45) is -0.483. The number of carboxylic acids is 1. The molecular formula is C17H20N2O6. The van der Waals surface area contributed by atoms with Crippen molar-refractivity contribution >= 4 is 23.5 Å². The van der Waals surface area contributed by atoms with E-state index in [-0.39, 0.29) is 25.5 Å². The molecule has 1 aromatic rings. The Kier molecular flexibility index (Phi) is 4.63. The zero-order valence-corrected chi connectivity index (χ0v) is 13.9. The minimum absolute atomic E-state index is 0.148. The Hall–Kier alpha value is -2.61. The predicted molar refractivity (Wildman–Crippen MR) is 87.4 cm³/mol. The van der Waals surface area contributed by atoms with Crippen molar-refractivity contribution in [3.05, 3.63) is 24.3 Å². The number of amides is 2. The van der Waals surface area contributed by atoms with E-state index in [1.165, 1.54) is 4.90 Å². The summed E-state index contributed by atoms with van der Waals surface area (Å²) in [5.41, 5.74) is -0.403. The molecule has 0 spiro atoms. The Morgan fingerprint density at radius 2 is 2.16 bits per heavy atom. The summed E-state index contributed by atoms with van der Waals surface area (Å²) >= 11 is 0. The number of benzene rings is 1. The van der Waals surface area contributed by atoms with Gasteiger partial charge in [-0.3, -0.25) is 19.3 Å². The lowest BCUT2D eigenvalue weighted by molar-refractivity contribution is -0.139. The number of aliphatic carboxylic acids is 1. The number of anilines is 1. The van der Waals surface area contributed by atoms with Crippen LogP contribution in [-0.4, -0.2) is 54.3 Å². The van der Waals surface area contributed by atoms with Gasteiger partial charge in [-0.05, 0) is 25.5 Å². The SMILES string of the molecule is CC1Oc2ccccc2N(CC(=O)NC2(CC(=O)O)CCOC2)C1=O. The van der Waals surface area contributed by atoms with Crippen molar-refractivity contribution in [3.63, 3.8) is 0 Å². The molecule has 1 aromatic carbocycles. The molecule has 3 rings (SSSR count). The summed E-state index contributed by atoms with van der Waals surface area (Å²) in [4.78, 5) is 37.4. The molecule has 2 unspecified atom stereocenters. The Bertz CT molecular complexity index is 698. The van der Waals surface area contributed by atoms with Crippen LogP contribution in [0.1, 0.15) is 19.8 Å². The molecular weight excluding hydrogens is 328 g/mol. The Morgan fingerprint density at radius 3 is 2.84 bits per heavy atom. The summed E-state index contributed by atoms with van der Waals surface area (Å²) in [7, 11) is 0. The molecule has 134 valence electrons. The molecule has 2 atom stereocenters. The molecule has 0 aromatic heterocycles. The van der Waals surface area contributed by atoms with Crippen LogP contribution < -0.4 is 15.0 Å². The molecule has 8 nitrogen and oxygen atoms in total. The van der Waals surface area contributed by atoms with E-state index in [2.05, 4.69) is 5.32 Å². The van der Waals surface area contributed by atoms with Gasteiger partial charge in [0, 0.05) is 6.61 Å². The first-order valence-corrected chi connectivity index (χ1v) is 8.08. The van der Waals surface area contributed by atoms with Crippen LogP contribution in [-0.2, 0) is 19.1 Å². The van der Waals surface area contributed by atoms with Crippen molar-refractivity contribution in [3.8, 4) is 5.75 Å². The van der Waals surface area contributed by atoms with Crippen LogP contribution in [0.4, 0.5) is 5.69 Å². The second-order valence-electron chi connectivity index (χ2n) is 6.35. The fourth-order valence-corrected chi connectivity index (χ4v) is 3.18. The summed E-state index contributed by atoms with van der Waals surface area (Å²) in [6, 6.07) is 6.99. The lowest BCUT2D eigenvalue weighted by Gasteiger charge is -2.34. The van der Waals surface area contributed by atoms with Crippen LogP contribution in [0.5, 0.6) is 5.75 Å². The molecule has 0 bridgehead atoms. The fourth-order valence-electron chi connectivity index (χ4n) is 3.18. The van der Waals surface area contributed by atoms with Gasteiger partial charge >= 0.3 is 5.97 Å².